The first kappa shape index (κ1) is 17.4. The van der Waals surface area contributed by atoms with Crippen molar-refractivity contribution in [3.8, 4) is 0 Å². The van der Waals surface area contributed by atoms with Gasteiger partial charge >= 0.3 is 0 Å². The van der Waals surface area contributed by atoms with Crippen molar-refractivity contribution in [3.05, 3.63) is 58.6 Å². The van der Waals surface area contributed by atoms with Gasteiger partial charge in [-0.05, 0) is 42.0 Å². The third-order valence-corrected chi connectivity index (χ3v) is 5.77. The van der Waals surface area contributed by atoms with Crippen LogP contribution in [0.4, 0.5) is 5.69 Å². The number of nitrogens with zero attached hydrogens (tertiary/aromatic N) is 1. The summed E-state index contributed by atoms with van der Waals surface area (Å²) in [5.41, 5.74) is 1.71. The van der Waals surface area contributed by atoms with E-state index in [2.05, 4.69) is 25.6 Å². The predicted octanol–water partition coefficient (Wildman–Crippen LogP) is 3.08. The Morgan fingerprint density at radius 1 is 1.00 bits per heavy atom. The van der Waals surface area contributed by atoms with Crippen LogP contribution in [0.2, 0.25) is 0 Å². The summed E-state index contributed by atoms with van der Waals surface area (Å²) in [5.74, 6) is 0. The second kappa shape index (κ2) is 7.65. The summed E-state index contributed by atoms with van der Waals surface area (Å²) in [6.45, 7) is 4.25. The Bertz CT molecular complexity index is 770. The molecule has 0 bridgehead atoms. The minimum absolute atomic E-state index is 0.239. The number of anilines is 1. The molecule has 0 aromatic heterocycles. The molecule has 0 saturated carbocycles. The van der Waals surface area contributed by atoms with Gasteiger partial charge in [-0.1, -0.05) is 28.1 Å². The molecule has 128 valence electrons. The number of hydrogen-bond acceptors (Lipinski definition) is 4. The van der Waals surface area contributed by atoms with Crippen molar-refractivity contribution >= 4 is 31.6 Å². The number of rotatable bonds is 5. The van der Waals surface area contributed by atoms with Gasteiger partial charge in [0, 0.05) is 29.8 Å². The van der Waals surface area contributed by atoms with E-state index in [1.165, 1.54) is 0 Å². The fourth-order valence-electron chi connectivity index (χ4n) is 2.52. The van der Waals surface area contributed by atoms with E-state index < -0.39 is 10.0 Å². The molecule has 5 nitrogen and oxygen atoms in total. The second-order valence-corrected chi connectivity index (χ2v) is 8.24. The third-order valence-electron chi connectivity index (χ3n) is 3.84. The number of ether oxygens (including phenoxy) is 1. The minimum Gasteiger partial charge on any atom is -0.379 e. The van der Waals surface area contributed by atoms with Gasteiger partial charge in [-0.25, -0.2) is 8.42 Å². The van der Waals surface area contributed by atoms with E-state index in [0.717, 1.165) is 42.9 Å². The lowest BCUT2D eigenvalue weighted by Gasteiger charge is -2.26. The second-order valence-electron chi connectivity index (χ2n) is 5.64. The van der Waals surface area contributed by atoms with Crippen molar-refractivity contribution in [2.24, 2.45) is 0 Å². The van der Waals surface area contributed by atoms with Crippen LogP contribution in [0.25, 0.3) is 0 Å². The molecule has 1 N–H and O–H groups in total. The maximum Gasteiger partial charge on any atom is 0.261 e. The number of sulfonamides is 1. The van der Waals surface area contributed by atoms with E-state index in [9.17, 15) is 8.42 Å². The van der Waals surface area contributed by atoms with Crippen molar-refractivity contribution in [2.75, 3.05) is 31.0 Å². The van der Waals surface area contributed by atoms with Crippen LogP contribution >= 0.6 is 15.9 Å². The molecule has 1 heterocycles. The van der Waals surface area contributed by atoms with E-state index in [4.69, 9.17) is 4.74 Å². The number of halogens is 1. The standard InChI is InChI=1S/C17H19BrN2O3S/c18-15-3-7-17(8-4-15)24(21,22)19-16-5-1-14(2-6-16)13-20-9-11-23-12-10-20/h1-8,19H,9-13H2. The van der Waals surface area contributed by atoms with Gasteiger partial charge in [-0.3, -0.25) is 9.62 Å². The molecular weight excluding hydrogens is 392 g/mol. The molecule has 3 rings (SSSR count). The highest BCUT2D eigenvalue weighted by molar-refractivity contribution is 9.10. The number of nitrogens with one attached hydrogen (secondary N) is 1. The molecule has 0 aliphatic carbocycles. The Morgan fingerprint density at radius 2 is 1.62 bits per heavy atom. The molecule has 24 heavy (non-hydrogen) atoms. The zero-order valence-corrected chi connectivity index (χ0v) is 15.5. The molecular formula is C17H19BrN2O3S. The molecule has 1 aliphatic heterocycles. The molecule has 1 saturated heterocycles. The largest absolute Gasteiger partial charge is 0.379 e. The van der Waals surface area contributed by atoms with Gasteiger partial charge in [0.25, 0.3) is 10.0 Å². The van der Waals surface area contributed by atoms with Gasteiger partial charge in [0.15, 0.2) is 0 Å². The van der Waals surface area contributed by atoms with E-state index in [1.807, 2.05) is 12.1 Å². The first-order chi connectivity index (χ1) is 11.5. The average Bonchev–Trinajstić information content (AvgIpc) is 2.58. The summed E-state index contributed by atoms with van der Waals surface area (Å²) < 4.78 is 33.5. The van der Waals surface area contributed by atoms with Crippen molar-refractivity contribution in [3.63, 3.8) is 0 Å². The van der Waals surface area contributed by atoms with Gasteiger partial charge in [0.1, 0.15) is 0 Å². The molecule has 0 amide bonds. The number of morpholine rings is 1. The molecule has 2 aromatic carbocycles. The predicted molar refractivity (Wildman–Crippen MR) is 97.5 cm³/mol. The number of hydrogen-bond donors (Lipinski definition) is 1. The van der Waals surface area contributed by atoms with Gasteiger partial charge < -0.3 is 4.74 Å². The van der Waals surface area contributed by atoms with Crippen LogP contribution in [-0.4, -0.2) is 39.6 Å². The fraction of sp³-hybridized carbons (Fsp3) is 0.294. The highest BCUT2D eigenvalue weighted by Crippen LogP contribution is 2.19. The van der Waals surface area contributed by atoms with Gasteiger partial charge in [0.05, 0.1) is 18.1 Å². The molecule has 1 fully saturated rings. The van der Waals surface area contributed by atoms with Gasteiger partial charge in [-0.2, -0.15) is 0 Å². The van der Waals surface area contributed by atoms with Gasteiger partial charge in [0.2, 0.25) is 0 Å². The Kier molecular flexibility index (Phi) is 5.55. The summed E-state index contributed by atoms with van der Waals surface area (Å²) in [4.78, 5) is 2.56. The molecule has 0 unspecified atom stereocenters. The lowest BCUT2D eigenvalue weighted by atomic mass is 10.2. The SMILES string of the molecule is O=S(=O)(Nc1ccc(CN2CCOCC2)cc1)c1ccc(Br)cc1. The summed E-state index contributed by atoms with van der Waals surface area (Å²) in [7, 11) is -3.57. The monoisotopic (exact) mass is 410 g/mol. The Morgan fingerprint density at radius 3 is 2.25 bits per heavy atom. The summed E-state index contributed by atoms with van der Waals surface area (Å²) in [6.07, 6.45) is 0. The highest BCUT2D eigenvalue weighted by atomic mass is 79.9. The zero-order chi connectivity index (χ0) is 17.0. The molecule has 2 aromatic rings. The van der Waals surface area contributed by atoms with Crippen molar-refractivity contribution in [1.29, 1.82) is 0 Å². The normalized spacial score (nSPS) is 16.0. The van der Waals surface area contributed by atoms with Crippen LogP contribution in [-0.2, 0) is 21.3 Å². The third kappa shape index (κ3) is 4.57. The molecule has 7 heteroatoms. The number of benzene rings is 2. The summed E-state index contributed by atoms with van der Waals surface area (Å²) in [5, 5.41) is 0. The van der Waals surface area contributed by atoms with Gasteiger partial charge in [-0.15, -0.1) is 0 Å². The van der Waals surface area contributed by atoms with Crippen LogP contribution in [0.3, 0.4) is 0 Å². The molecule has 1 aliphatic rings. The van der Waals surface area contributed by atoms with E-state index in [-0.39, 0.29) is 4.90 Å². The fourth-order valence-corrected chi connectivity index (χ4v) is 3.85. The van der Waals surface area contributed by atoms with Crippen LogP contribution in [0.15, 0.2) is 57.9 Å². The zero-order valence-electron chi connectivity index (χ0n) is 13.1. The van der Waals surface area contributed by atoms with Crippen molar-refractivity contribution in [2.45, 2.75) is 11.4 Å². The quantitative estimate of drug-likeness (QED) is 0.822. The lowest BCUT2D eigenvalue weighted by Crippen LogP contribution is -2.35. The summed E-state index contributed by atoms with van der Waals surface area (Å²) in [6, 6.07) is 14.1. The van der Waals surface area contributed by atoms with Crippen LogP contribution < -0.4 is 4.72 Å². The Labute approximate surface area is 150 Å². The first-order valence-corrected chi connectivity index (χ1v) is 9.98. The van der Waals surface area contributed by atoms with E-state index >= 15 is 0 Å². The summed E-state index contributed by atoms with van der Waals surface area (Å²) >= 11 is 3.30. The van der Waals surface area contributed by atoms with Crippen LogP contribution in [0, 0.1) is 0 Å². The van der Waals surface area contributed by atoms with E-state index in [0.29, 0.717) is 5.69 Å². The van der Waals surface area contributed by atoms with Crippen molar-refractivity contribution in [1.82, 2.24) is 4.90 Å². The molecule has 0 radical (unpaired) electrons. The minimum atomic E-state index is -3.57. The topological polar surface area (TPSA) is 58.6 Å². The maximum absolute atomic E-state index is 12.4. The van der Waals surface area contributed by atoms with E-state index in [1.54, 1.807) is 36.4 Å². The van der Waals surface area contributed by atoms with Crippen LogP contribution in [0.1, 0.15) is 5.56 Å². The Hall–Kier alpha value is -1.41. The average molecular weight is 411 g/mol. The first-order valence-electron chi connectivity index (χ1n) is 7.70. The Balaban J connectivity index is 1.66. The van der Waals surface area contributed by atoms with Crippen molar-refractivity contribution < 1.29 is 13.2 Å². The molecule has 0 spiro atoms. The lowest BCUT2D eigenvalue weighted by molar-refractivity contribution is 0.0342. The molecule has 0 atom stereocenters. The smallest absolute Gasteiger partial charge is 0.261 e. The van der Waals surface area contributed by atoms with Crippen LogP contribution in [0.5, 0.6) is 0 Å². The highest BCUT2D eigenvalue weighted by Gasteiger charge is 2.14. The maximum atomic E-state index is 12.4.